The van der Waals surface area contributed by atoms with Gasteiger partial charge in [0.2, 0.25) is 11.8 Å². The first-order valence-corrected chi connectivity index (χ1v) is 26.7. The second-order valence-electron chi connectivity index (χ2n) is 17.9. The van der Waals surface area contributed by atoms with Gasteiger partial charge in [0.25, 0.3) is 0 Å². The SMILES string of the molecule is CC/C=C\C/C=C\C/C=C\C/C=C\C/C=C\CCCCCCCCCC(=O)OC(CCCCCCCCCCCCCCCC)CCCCCCCC(=O)NCC(=O)NC(CO)C(=O)O. The average Bonchev–Trinajstić information content (AvgIpc) is 3.29. The molecule has 4 N–H and O–H groups in total. The quantitative estimate of drug-likeness (QED) is 0.0270. The molecule has 2 amide bonds. The highest BCUT2D eigenvalue weighted by molar-refractivity contribution is 5.87. The van der Waals surface area contributed by atoms with Crippen molar-refractivity contribution in [2.24, 2.45) is 0 Å². The number of rotatable bonds is 48. The van der Waals surface area contributed by atoms with Gasteiger partial charge in [-0.3, -0.25) is 14.4 Å². The second kappa shape index (κ2) is 50.0. The van der Waals surface area contributed by atoms with Gasteiger partial charge >= 0.3 is 11.9 Å². The van der Waals surface area contributed by atoms with Crippen molar-refractivity contribution < 1.29 is 34.1 Å². The number of carbonyl (C=O) groups excluding carboxylic acids is 3. The molecule has 0 aliphatic carbocycles. The number of aliphatic hydroxyl groups excluding tert-OH is 1. The van der Waals surface area contributed by atoms with Gasteiger partial charge in [-0.15, -0.1) is 0 Å². The predicted molar refractivity (Wildman–Crippen MR) is 273 cm³/mol. The van der Waals surface area contributed by atoms with Crippen LogP contribution in [0.5, 0.6) is 0 Å². The summed E-state index contributed by atoms with van der Waals surface area (Å²) in [6, 6.07) is -1.38. The molecule has 0 aromatic rings. The van der Waals surface area contributed by atoms with E-state index >= 15 is 0 Å². The van der Waals surface area contributed by atoms with Gasteiger partial charge < -0.3 is 25.6 Å². The lowest BCUT2D eigenvalue weighted by Crippen LogP contribution is -2.47. The second-order valence-corrected chi connectivity index (χ2v) is 17.9. The number of nitrogens with one attached hydrogen (secondary N) is 2. The number of aliphatic carboxylic acids is 1. The minimum absolute atomic E-state index is 0.0220. The van der Waals surface area contributed by atoms with Crippen LogP contribution in [-0.4, -0.2) is 59.3 Å². The van der Waals surface area contributed by atoms with Gasteiger partial charge in [-0.25, -0.2) is 4.79 Å². The van der Waals surface area contributed by atoms with Crippen LogP contribution in [0.1, 0.15) is 245 Å². The molecule has 0 aliphatic rings. The molecule has 0 radical (unpaired) electrons. The number of amides is 2. The van der Waals surface area contributed by atoms with E-state index in [2.05, 4.69) is 85.2 Å². The third-order valence-electron chi connectivity index (χ3n) is 11.8. The lowest BCUT2D eigenvalue weighted by Gasteiger charge is -2.18. The summed E-state index contributed by atoms with van der Waals surface area (Å²) in [6.07, 6.45) is 62.5. The Bertz CT molecular complexity index is 1270. The van der Waals surface area contributed by atoms with Crippen LogP contribution in [0, 0.1) is 0 Å². The molecule has 0 spiro atoms. The van der Waals surface area contributed by atoms with Gasteiger partial charge in [-0.2, -0.15) is 0 Å². The van der Waals surface area contributed by atoms with E-state index in [4.69, 9.17) is 14.9 Å². The number of aliphatic hydroxyl groups is 1. The van der Waals surface area contributed by atoms with E-state index in [1.54, 1.807) is 0 Å². The average molecular weight is 911 g/mol. The number of carboxylic acids is 1. The molecule has 2 unspecified atom stereocenters. The first-order valence-electron chi connectivity index (χ1n) is 26.7. The largest absolute Gasteiger partial charge is 0.480 e. The highest BCUT2D eigenvalue weighted by Crippen LogP contribution is 2.19. The third-order valence-corrected chi connectivity index (χ3v) is 11.8. The Labute approximate surface area is 398 Å². The number of carboxylic acid groups (broad SMARTS) is 1. The molecule has 0 saturated heterocycles. The molecule has 374 valence electrons. The van der Waals surface area contributed by atoms with Crippen molar-refractivity contribution in [3.63, 3.8) is 0 Å². The van der Waals surface area contributed by atoms with Crippen molar-refractivity contribution >= 4 is 23.8 Å². The van der Waals surface area contributed by atoms with Crippen LogP contribution >= 0.6 is 0 Å². The smallest absolute Gasteiger partial charge is 0.328 e. The molecule has 0 fully saturated rings. The maximum Gasteiger partial charge on any atom is 0.328 e. The van der Waals surface area contributed by atoms with Crippen molar-refractivity contribution in [1.82, 2.24) is 10.6 Å². The van der Waals surface area contributed by atoms with Crippen molar-refractivity contribution in [2.75, 3.05) is 13.2 Å². The lowest BCUT2D eigenvalue weighted by atomic mass is 10.0. The van der Waals surface area contributed by atoms with E-state index in [1.165, 1.54) is 116 Å². The predicted octanol–water partition coefficient (Wildman–Crippen LogP) is 14.4. The number of esters is 1. The van der Waals surface area contributed by atoms with Crippen molar-refractivity contribution in [1.29, 1.82) is 0 Å². The monoisotopic (exact) mass is 911 g/mol. The number of allylic oxidation sites excluding steroid dienone is 10. The summed E-state index contributed by atoms with van der Waals surface area (Å²) in [5.41, 5.74) is 0. The molecule has 9 nitrogen and oxygen atoms in total. The standard InChI is InChI=1S/C56H98N2O7/c1-3-5-7-9-11-13-15-17-19-20-21-22-23-24-25-26-27-29-31-33-35-40-44-48-55(62)65-51(45-41-37-34-32-30-28-18-16-14-12-10-8-6-4-2)46-42-38-36-39-43-47-53(60)57-49-54(61)58-52(50-59)56(63)64/h5,7,11,13,17,19,21-22,24-25,51-52,59H,3-4,6,8-10,12,14-16,18,20,23,26-50H2,1-2H3,(H,57,60)(H,58,61)(H,63,64)/b7-5-,13-11-,19-17-,22-21-,25-24-. The van der Waals surface area contributed by atoms with Gasteiger partial charge in [-0.05, 0) is 83.5 Å². The molecule has 0 bridgehead atoms. The molecule has 2 atom stereocenters. The van der Waals surface area contributed by atoms with E-state index in [9.17, 15) is 19.2 Å². The van der Waals surface area contributed by atoms with Crippen LogP contribution < -0.4 is 10.6 Å². The first kappa shape index (κ1) is 61.5. The van der Waals surface area contributed by atoms with Gasteiger partial charge in [0.05, 0.1) is 13.2 Å². The van der Waals surface area contributed by atoms with Gasteiger partial charge in [0, 0.05) is 12.8 Å². The molecule has 65 heavy (non-hydrogen) atoms. The van der Waals surface area contributed by atoms with E-state index in [1.807, 2.05) is 0 Å². The summed E-state index contributed by atoms with van der Waals surface area (Å²) < 4.78 is 6.07. The Morgan fingerprint density at radius 1 is 0.477 bits per heavy atom. The number of hydrogen-bond donors (Lipinski definition) is 4. The number of ether oxygens (including phenoxy) is 1. The molecule has 0 aliphatic heterocycles. The number of carbonyl (C=O) groups is 4. The Balaban J connectivity index is 4.29. The maximum atomic E-state index is 12.9. The van der Waals surface area contributed by atoms with Crippen molar-refractivity contribution in [3.8, 4) is 0 Å². The van der Waals surface area contributed by atoms with Crippen LogP contribution in [0.3, 0.4) is 0 Å². The van der Waals surface area contributed by atoms with Crippen molar-refractivity contribution in [3.05, 3.63) is 60.8 Å². The zero-order chi connectivity index (χ0) is 47.5. The normalized spacial score (nSPS) is 12.9. The molecular weight excluding hydrogens is 813 g/mol. The zero-order valence-corrected chi connectivity index (χ0v) is 41.7. The molecule has 0 saturated carbocycles. The molecule has 0 heterocycles. The molecule has 0 aromatic heterocycles. The van der Waals surface area contributed by atoms with Crippen LogP contribution in [-0.2, 0) is 23.9 Å². The molecular formula is C56H98N2O7. The number of unbranched alkanes of at least 4 members (excludes halogenated alkanes) is 24. The van der Waals surface area contributed by atoms with Gasteiger partial charge in [0.15, 0.2) is 0 Å². The summed E-state index contributed by atoms with van der Waals surface area (Å²) >= 11 is 0. The van der Waals surface area contributed by atoms with Crippen molar-refractivity contribution in [2.45, 2.75) is 257 Å². The lowest BCUT2D eigenvalue weighted by molar-refractivity contribution is -0.150. The first-order chi connectivity index (χ1) is 31.8. The fourth-order valence-corrected chi connectivity index (χ4v) is 7.74. The maximum absolute atomic E-state index is 12.9. The number of hydrogen-bond acceptors (Lipinski definition) is 6. The van der Waals surface area contributed by atoms with Crippen LogP contribution in [0.15, 0.2) is 60.8 Å². The third kappa shape index (κ3) is 46.9. The summed E-state index contributed by atoms with van der Waals surface area (Å²) in [5, 5.41) is 22.6. The fraction of sp³-hybridized carbons (Fsp3) is 0.750. The highest BCUT2D eigenvalue weighted by Gasteiger charge is 2.19. The Morgan fingerprint density at radius 2 is 0.877 bits per heavy atom. The Kier molecular flexibility index (Phi) is 47.3. The summed E-state index contributed by atoms with van der Waals surface area (Å²) in [5.74, 6) is -2.29. The fourth-order valence-electron chi connectivity index (χ4n) is 7.74. The van der Waals surface area contributed by atoms with E-state index in [0.717, 1.165) is 96.3 Å². The summed E-state index contributed by atoms with van der Waals surface area (Å²) in [4.78, 5) is 47.9. The Hall–Kier alpha value is -3.46. The summed E-state index contributed by atoms with van der Waals surface area (Å²) in [7, 11) is 0. The Morgan fingerprint density at radius 3 is 1.32 bits per heavy atom. The molecule has 0 rings (SSSR count). The van der Waals surface area contributed by atoms with E-state index < -0.39 is 24.5 Å². The van der Waals surface area contributed by atoms with Crippen LogP contribution in [0.25, 0.3) is 0 Å². The minimum atomic E-state index is -1.38. The van der Waals surface area contributed by atoms with Gasteiger partial charge in [-0.1, -0.05) is 209 Å². The van der Waals surface area contributed by atoms with Crippen LogP contribution in [0.2, 0.25) is 0 Å². The van der Waals surface area contributed by atoms with Crippen LogP contribution in [0.4, 0.5) is 0 Å². The molecule has 0 aromatic carbocycles. The minimum Gasteiger partial charge on any atom is -0.480 e. The molecule has 9 heteroatoms. The van der Waals surface area contributed by atoms with E-state index in [0.29, 0.717) is 19.3 Å². The zero-order valence-electron chi connectivity index (χ0n) is 41.7. The van der Waals surface area contributed by atoms with Gasteiger partial charge in [0.1, 0.15) is 12.1 Å². The summed E-state index contributed by atoms with van der Waals surface area (Å²) in [6.45, 7) is 3.39. The van der Waals surface area contributed by atoms with E-state index in [-0.39, 0.29) is 24.5 Å². The highest BCUT2D eigenvalue weighted by atomic mass is 16.5. The topological polar surface area (TPSA) is 142 Å².